The van der Waals surface area contributed by atoms with Crippen molar-refractivity contribution in [3.8, 4) is 5.75 Å². The highest BCUT2D eigenvalue weighted by molar-refractivity contribution is 5.95. The molecule has 98 valence electrons. The number of hydrogen-bond acceptors (Lipinski definition) is 3. The van der Waals surface area contributed by atoms with Crippen LogP contribution in [0.3, 0.4) is 0 Å². The van der Waals surface area contributed by atoms with Gasteiger partial charge in [-0.05, 0) is 42.3 Å². The second-order valence-corrected chi connectivity index (χ2v) is 4.38. The van der Waals surface area contributed by atoms with E-state index in [-0.39, 0.29) is 11.7 Å². The number of benzene rings is 2. The molecule has 0 unspecified atom stereocenters. The lowest BCUT2D eigenvalue weighted by Gasteiger charge is -2.09. The summed E-state index contributed by atoms with van der Waals surface area (Å²) in [5.41, 5.74) is 8.63. The molecule has 0 aliphatic rings. The molecule has 4 nitrogen and oxygen atoms in total. The zero-order chi connectivity index (χ0) is 13.8. The molecular weight excluding hydrogens is 240 g/mol. The molecule has 0 heterocycles. The van der Waals surface area contributed by atoms with Crippen molar-refractivity contribution in [2.45, 2.75) is 13.5 Å². The molecule has 0 fully saturated rings. The van der Waals surface area contributed by atoms with E-state index in [0.717, 1.165) is 11.1 Å². The fourth-order valence-corrected chi connectivity index (χ4v) is 1.87. The van der Waals surface area contributed by atoms with Crippen LogP contribution < -0.4 is 11.1 Å². The molecule has 0 radical (unpaired) electrons. The van der Waals surface area contributed by atoms with E-state index in [1.807, 2.05) is 18.2 Å². The second kappa shape index (κ2) is 5.44. The van der Waals surface area contributed by atoms with Crippen molar-refractivity contribution < 1.29 is 9.90 Å². The fraction of sp³-hybridized carbons (Fsp3) is 0.133. The van der Waals surface area contributed by atoms with Crippen LogP contribution in [0.25, 0.3) is 0 Å². The van der Waals surface area contributed by atoms with Crippen LogP contribution in [0, 0.1) is 6.92 Å². The molecule has 0 atom stereocenters. The van der Waals surface area contributed by atoms with E-state index in [4.69, 9.17) is 5.73 Å². The molecule has 0 spiro atoms. The van der Waals surface area contributed by atoms with E-state index in [1.165, 1.54) is 6.07 Å². The maximum Gasteiger partial charge on any atom is 0.251 e. The van der Waals surface area contributed by atoms with E-state index < -0.39 is 0 Å². The van der Waals surface area contributed by atoms with E-state index in [0.29, 0.717) is 17.8 Å². The number of amides is 1. The summed E-state index contributed by atoms with van der Waals surface area (Å²) in [4.78, 5) is 12.0. The van der Waals surface area contributed by atoms with Crippen molar-refractivity contribution in [3.05, 3.63) is 59.2 Å². The molecule has 4 heteroatoms. The molecule has 4 N–H and O–H groups in total. The van der Waals surface area contributed by atoms with Gasteiger partial charge < -0.3 is 16.2 Å². The average molecular weight is 256 g/mol. The molecule has 0 saturated heterocycles. The molecule has 2 rings (SSSR count). The van der Waals surface area contributed by atoms with Gasteiger partial charge in [-0.2, -0.15) is 0 Å². The highest BCUT2D eigenvalue weighted by atomic mass is 16.3. The molecule has 2 aromatic rings. The molecule has 0 saturated carbocycles. The number of carbonyl (C=O) groups is 1. The monoisotopic (exact) mass is 256 g/mol. The van der Waals surface area contributed by atoms with E-state index in [2.05, 4.69) is 5.32 Å². The van der Waals surface area contributed by atoms with E-state index >= 15 is 0 Å². The first-order valence-corrected chi connectivity index (χ1v) is 5.99. The van der Waals surface area contributed by atoms with E-state index in [9.17, 15) is 9.90 Å². The first-order valence-electron chi connectivity index (χ1n) is 5.99. The standard InChI is InChI=1S/C15H16N2O2/c1-10-8-12(18)6-7-13(10)15(19)17-9-11-4-2-3-5-14(11)16/h2-8,18H,9,16H2,1H3,(H,17,19). The minimum atomic E-state index is -0.180. The number of phenols is 1. The Bertz CT molecular complexity index is 609. The molecule has 2 aromatic carbocycles. The fourth-order valence-electron chi connectivity index (χ4n) is 1.87. The van der Waals surface area contributed by atoms with Crippen LogP contribution in [-0.2, 0) is 6.54 Å². The van der Waals surface area contributed by atoms with Gasteiger partial charge in [0.15, 0.2) is 0 Å². The Balaban J connectivity index is 2.08. The minimum absolute atomic E-state index is 0.154. The number of aromatic hydroxyl groups is 1. The largest absolute Gasteiger partial charge is 0.508 e. The van der Waals surface area contributed by atoms with Gasteiger partial charge in [0.1, 0.15) is 5.75 Å². The Morgan fingerprint density at radius 3 is 2.68 bits per heavy atom. The quantitative estimate of drug-likeness (QED) is 0.737. The molecule has 19 heavy (non-hydrogen) atoms. The van der Waals surface area contributed by atoms with Gasteiger partial charge >= 0.3 is 0 Å². The third kappa shape index (κ3) is 3.04. The average Bonchev–Trinajstić information content (AvgIpc) is 2.37. The van der Waals surface area contributed by atoms with Crippen molar-refractivity contribution in [1.82, 2.24) is 5.32 Å². The Labute approximate surface area is 111 Å². The van der Waals surface area contributed by atoms with Gasteiger partial charge in [0.2, 0.25) is 0 Å². The number of anilines is 1. The smallest absolute Gasteiger partial charge is 0.251 e. The van der Waals surface area contributed by atoms with Crippen molar-refractivity contribution >= 4 is 11.6 Å². The van der Waals surface area contributed by atoms with Gasteiger partial charge in [-0.15, -0.1) is 0 Å². The number of para-hydroxylation sites is 1. The van der Waals surface area contributed by atoms with Crippen LogP contribution in [0.1, 0.15) is 21.5 Å². The zero-order valence-corrected chi connectivity index (χ0v) is 10.7. The number of nitrogens with two attached hydrogens (primary N) is 1. The Kier molecular flexibility index (Phi) is 3.71. The highest BCUT2D eigenvalue weighted by Crippen LogP contribution is 2.16. The number of aryl methyl sites for hydroxylation is 1. The summed E-state index contributed by atoms with van der Waals surface area (Å²) >= 11 is 0. The number of phenolic OH excluding ortho intramolecular Hbond substituents is 1. The van der Waals surface area contributed by atoms with Gasteiger partial charge in [-0.25, -0.2) is 0 Å². The maximum atomic E-state index is 12.0. The summed E-state index contributed by atoms with van der Waals surface area (Å²) in [6.07, 6.45) is 0. The summed E-state index contributed by atoms with van der Waals surface area (Å²) < 4.78 is 0. The number of rotatable bonds is 3. The minimum Gasteiger partial charge on any atom is -0.508 e. The number of nitrogens with one attached hydrogen (secondary N) is 1. The predicted octanol–water partition coefficient (Wildman–Crippen LogP) is 2.21. The number of nitrogen functional groups attached to an aromatic ring is 1. The Morgan fingerprint density at radius 1 is 1.26 bits per heavy atom. The maximum absolute atomic E-state index is 12.0. The molecule has 0 bridgehead atoms. The molecular formula is C15H16N2O2. The first kappa shape index (κ1) is 13.0. The zero-order valence-electron chi connectivity index (χ0n) is 10.7. The third-order valence-corrected chi connectivity index (χ3v) is 2.95. The van der Waals surface area contributed by atoms with Gasteiger partial charge in [0.25, 0.3) is 5.91 Å². The van der Waals surface area contributed by atoms with Crippen LogP contribution in [0.15, 0.2) is 42.5 Å². The van der Waals surface area contributed by atoms with Gasteiger partial charge in [0, 0.05) is 17.8 Å². The van der Waals surface area contributed by atoms with Crippen LogP contribution in [0.4, 0.5) is 5.69 Å². The van der Waals surface area contributed by atoms with Crippen molar-refractivity contribution in [2.24, 2.45) is 0 Å². The van der Waals surface area contributed by atoms with Crippen LogP contribution in [-0.4, -0.2) is 11.0 Å². The Morgan fingerprint density at radius 2 is 2.00 bits per heavy atom. The predicted molar refractivity (Wildman–Crippen MR) is 74.9 cm³/mol. The van der Waals surface area contributed by atoms with Crippen LogP contribution in [0.2, 0.25) is 0 Å². The van der Waals surface area contributed by atoms with Crippen molar-refractivity contribution in [3.63, 3.8) is 0 Å². The summed E-state index contributed by atoms with van der Waals surface area (Å²) in [6.45, 7) is 2.16. The molecule has 1 amide bonds. The lowest BCUT2D eigenvalue weighted by molar-refractivity contribution is 0.0950. The van der Waals surface area contributed by atoms with Crippen molar-refractivity contribution in [1.29, 1.82) is 0 Å². The third-order valence-electron chi connectivity index (χ3n) is 2.95. The molecule has 0 aliphatic heterocycles. The normalized spacial score (nSPS) is 10.2. The molecule has 0 aromatic heterocycles. The SMILES string of the molecule is Cc1cc(O)ccc1C(=O)NCc1ccccc1N. The summed E-state index contributed by atoms with van der Waals surface area (Å²) in [7, 11) is 0. The highest BCUT2D eigenvalue weighted by Gasteiger charge is 2.09. The summed E-state index contributed by atoms with van der Waals surface area (Å²) in [5, 5.41) is 12.1. The van der Waals surface area contributed by atoms with Crippen LogP contribution >= 0.6 is 0 Å². The first-order chi connectivity index (χ1) is 9.08. The van der Waals surface area contributed by atoms with Crippen molar-refractivity contribution in [2.75, 3.05) is 5.73 Å². The van der Waals surface area contributed by atoms with Crippen LogP contribution in [0.5, 0.6) is 5.75 Å². The van der Waals surface area contributed by atoms with Gasteiger partial charge in [-0.1, -0.05) is 18.2 Å². The summed E-state index contributed by atoms with van der Waals surface area (Å²) in [6, 6.07) is 12.1. The molecule has 0 aliphatic carbocycles. The van der Waals surface area contributed by atoms with Gasteiger partial charge in [-0.3, -0.25) is 4.79 Å². The van der Waals surface area contributed by atoms with Gasteiger partial charge in [0.05, 0.1) is 0 Å². The lowest BCUT2D eigenvalue weighted by Crippen LogP contribution is -2.24. The summed E-state index contributed by atoms with van der Waals surface area (Å²) in [5.74, 6) is -0.0258. The lowest BCUT2D eigenvalue weighted by atomic mass is 10.1. The second-order valence-electron chi connectivity index (χ2n) is 4.38. The Hall–Kier alpha value is -2.49. The number of carbonyl (C=O) groups excluding carboxylic acids is 1. The van der Waals surface area contributed by atoms with E-state index in [1.54, 1.807) is 25.1 Å². The number of hydrogen-bond donors (Lipinski definition) is 3. The topological polar surface area (TPSA) is 75.3 Å².